The number of anilines is 1. The average Bonchev–Trinajstić information content (AvgIpc) is 2.92. The Morgan fingerprint density at radius 2 is 1.65 bits per heavy atom. The molecule has 2 fully saturated rings. The number of nitrogens with zero attached hydrogens (tertiary/aromatic N) is 2. The summed E-state index contributed by atoms with van der Waals surface area (Å²) in [6, 6.07) is 10.8. The number of aliphatic carboxylic acids is 1. The Morgan fingerprint density at radius 3 is 2.27 bits per heavy atom. The molecule has 0 bridgehead atoms. The summed E-state index contributed by atoms with van der Waals surface area (Å²) in [7, 11) is 0. The molecule has 8 heteroatoms. The number of nitrogens with one attached hydrogen (secondary N) is 1. The minimum atomic E-state index is -0.727. The molecule has 0 radical (unpaired) electrons. The van der Waals surface area contributed by atoms with Crippen molar-refractivity contribution in [1.82, 2.24) is 10.3 Å². The summed E-state index contributed by atoms with van der Waals surface area (Å²) in [5, 5.41) is 12.0. The van der Waals surface area contributed by atoms with E-state index < -0.39 is 5.97 Å². The summed E-state index contributed by atoms with van der Waals surface area (Å²) in [4.78, 5) is 42.8. The fourth-order valence-corrected chi connectivity index (χ4v) is 4.98. The van der Waals surface area contributed by atoms with Gasteiger partial charge in [-0.25, -0.2) is 4.98 Å². The van der Waals surface area contributed by atoms with E-state index in [-0.39, 0.29) is 23.7 Å². The second kappa shape index (κ2) is 12.7. The highest BCUT2D eigenvalue weighted by atomic mass is 16.5. The van der Waals surface area contributed by atoms with Crippen LogP contribution in [0.25, 0.3) is 0 Å². The third-order valence-electron chi connectivity index (χ3n) is 7.49. The molecule has 1 saturated heterocycles. The Bertz CT molecular complexity index is 1050. The third kappa shape index (κ3) is 7.54. The molecule has 0 spiro atoms. The molecule has 2 aromatic rings. The predicted octanol–water partition coefficient (Wildman–Crippen LogP) is 4.73. The van der Waals surface area contributed by atoms with Crippen LogP contribution in [-0.2, 0) is 4.79 Å². The van der Waals surface area contributed by atoms with E-state index in [0.717, 1.165) is 50.5 Å². The zero-order valence-electron chi connectivity index (χ0n) is 21.5. The Kier molecular flexibility index (Phi) is 9.14. The first-order chi connectivity index (χ1) is 17.9. The van der Waals surface area contributed by atoms with Gasteiger partial charge in [0.25, 0.3) is 5.91 Å². The number of pyridine rings is 1. The lowest BCUT2D eigenvalue weighted by molar-refractivity contribution is -0.143. The van der Waals surface area contributed by atoms with Gasteiger partial charge in [-0.1, -0.05) is 6.92 Å². The molecule has 0 unspecified atom stereocenters. The number of carboxylic acids is 1. The molecule has 2 aliphatic rings. The lowest BCUT2D eigenvalue weighted by Gasteiger charge is -2.31. The molecular weight excluding hydrogens is 470 g/mol. The van der Waals surface area contributed by atoms with Crippen LogP contribution in [0.15, 0.2) is 42.6 Å². The van der Waals surface area contributed by atoms with Gasteiger partial charge in [0.2, 0.25) is 0 Å². The van der Waals surface area contributed by atoms with Crippen molar-refractivity contribution in [1.29, 1.82) is 0 Å². The number of hydrogen-bond donors (Lipinski definition) is 2. The smallest absolute Gasteiger partial charge is 0.306 e. The van der Waals surface area contributed by atoms with Gasteiger partial charge in [0.15, 0.2) is 5.78 Å². The molecule has 2 N–H and O–H groups in total. The minimum Gasteiger partial charge on any atom is -0.490 e. The lowest BCUT2D eigenvalue weighted by Crippen LogP contribution is -2.33. The van der Waals surface area contributed by atoms with E-state index in [2.05, 4.69) is 22.1 Å². The summed E-state index contributed by atoms with van der Waals surface area (Å²) in [5.74, 6) is 1.20. The molecule has 2 heterocycles. The summed E-state index contributed by atoms with van der Waals surface area (Å²) in [6.45, 7) is 4.69. The zero-order chi connectivity index (χ0) is 26.2. The molecule has 198 valence electrons. The number of aromatic nitrogens is 1. The third-order valence-corrected chi connectivity index (χ3v) is 7.49. The molecule has 4 rings (SSSR count). The maximum Gasteiger partial charge on any atom is 0.306 e. The number of benzene rings is 1. The van der Waals surface area contributed by atoms with E-state index in [1.54, 1.807) is 30.5 Å². The average molecular weight is 508 g/mol. The van der Waals surface area contributed by atoms with Crippen LogP contribution in [0, 0.1) is 11.8 Å². The van der Waals surface area contributed by atoms with Crippen LogP contribution in [-0.4, -0.2) is 53.5 Å². The highest BCUT2D eigenvalue weighted by Crippen LogP contribution is 2.28. The number of amides is 1. The maximum atomic E-state index is 12.5. The number of Topliss-reactive ketones (excluding diaryl/α,β-unsaturated/α-hetero) is 1. The molecule has 1 aromatic heterocycles. The molecule has 1 aromatic carbocycles. The normalized spacial score (nSPS) is 20.3. The van der Waals surface area contributed by atoms with Crippen LogP contribution in [0.3, 0.4) is 0 Å². The first-order valence-corrected chi connectivity index (χ1v) is 13.4. The largest absolute Gasteiger partial charge is 0.490 e. The van der Waals surface area contributed by atoms with E-state index in [1.807, 2.05) is 12.1 Å². The number of hydrogen-bond acceptors (Lipinski definition) is 6. The van der Waals surface area contributed by atoms with Crippen LogP contribution in [0.4, 0.5) is 5.82 Å². The van der Waals surface area contributed by atoms with E-state index in [1.165, 1.54) is 0 Å². The van der Waals surface area contributed by atoms with E-state index in [4.69, 9.17) is 9.84 Å². The second-order valence-corrected chi connectivity index (χ2v) is 10.3. The monoisotopic (exact) mass is 507 g/mol. The van der Waals surface area contributed by atoms with Gasteiger partial charge in [0.05, 0.1) is 17.6 Å². The van der Waals surface area contributed by atoms with Crippen molar-refractivity contribution in [2.75, 3.05) is 24.5 Å². The highest BCUT2D eigenvalue weighted by molar-refractivity contribution is 5.96. The van der Waals surface area contributed by atoms with Crippen LogP contribution < -0.4 is 15.0 Å². The second-order valence-electron chi connectivity index (χ2n) is 10.3. The standard InChI is InChI=1S/C29H37N3O5/c1-20-14-17-32(18-15-20)27-13-8-23(19-31-27)28(34)30-16-2-3-26(33)21-4-9-24(10-5-21)37-25-11-6-22(7-12-25)29(35)36/h4-5,8-10,13,19-20,22,25H,2-3,6-7,11-12,14-18H2,1H3,(H,30,34)(H,35,36). The number of piperidine rings is 1. The molecule has 1 aliphatic carbocycles. The summed E-state index contributed by atoms with van der Waals surface area (Å²) < 4.78 is 5.97. The topological polar surface area (TPSA) is 109 Å². The van der Waals surface area contributed by atoms with E-state index >= 15 is 0 Å². The maximum absolute atomic E-state index is 12.5. The number of ether oxygens (including phenoxy) is 1. The van der Waals surface area contributed by atoms with Crippen molar-refractivity contribution < 1.29 is 24.2 Å². The Balaban J connectivity index is 1.15. The quantitative estimate of drug-likeness (QED) is 0.353. The van der Waals surface area contributed by atoms with Crippen molar-refractivity contribution in [3.63, 3.8) is 0 Å². The Morgan fingerprint density at radius 1 is 0.973 bits per heavy atom. The van der Waals surface area contributed by atoms with Crippen LogP contribution in [0.2, 0.25) is 0 Å². The van der Waals surface area contributed by atoms with Gasteiger partial charge >= 0.3 is 5.97 Å². The van der Waals surface area contributed by atoms with Crippen molar-refractivity contribution in [3.8, 4) is 5.75 Å². The van der Waals surface area contributed by atoms with Gasteiger partial charge in [-0.05, 0) is 87.3 Å². The Hall–Kier alpha value is -3.42. The van der Waals surface area contributed by atoms with Crippen molar-refractivity contribution in [2.24, 2.45) is 11.8 Å². The summed E-state index contributed by atoms with van der Waals surface area (Å²) in [6.07, 6.45) is 7.56. The number of carbonyl (C=O) groups is 3. The first kappa shape index (κ1) is 26.6. The van der Waals surface area contributed by atoms with Gasteiger partial charge in [-0.2, -0.15) is 0 Å². The Labute approximate surface area is 218 Å². The molecule has 37 heavy (non-hydrogen) atoms. The number of carbonyl (C=O) groups excluding carboxylic acids is 2. The number of ketones is 1. The molecule has 1 aliphatic heterocycles. The van der Waals surface area contributed by atoms with Crippen LogP contribution in [0.5, 0.6) is 5.75 Å². The van der Waals surface area contributed by atoms with E-state index in [9.17, 15) is 14.4 Å². The fraction of sp³-hybridized carbons (Fsp3) is 0.517. The van der Waals surface area contributed by atoms with Crippen molar-refractivity contribution in [3.05, 3.63) is 53.7 Å². The van der Waals surface area contributed by atoms with Gasteiger partial charge in [0.1, 0.15) is 11.6 Å². The highest BCUT2D eigenvalue weighted by Gasteiger charge is 2.27. The van der Waals surface area contributed by atoms with Crippen molar-refractivity contribution >= 4 is 23.5 Å². The van der Waals surface area contributed by atoms with Gasteiger partial charge < -0.3 is 20.1 Å². The first-order valence-electron chi connectivity index (χ1n) is 13.4. The molecule has 8 nitrogen and oxygen atoms in total. The summed E-state index contributed by atoms with van der Waals surface area (Å²) >= 11 is 0. The van der Waals surface area contributed by atoms with Crippen LogP contribution >= 0.6 is 0 Å². The number of rotatable bonds is 10. The predicted molar refractivity (Wildman–Crippen MR) is 141 cm³/mol. The molecule has 1 amide bonds. The van der Waals surface area contributed by atoms with Gasteiger partial charge in [-0.15, -0.1) is 0 Å². The number of carboxylic acid groups (broad SMARTS) is 1. The SMILES string of the molecule is CC1CCN(c2ccc(C(=O)NCCCC(=O)c3ccc(OC4CCC(C(=O)O)CC4)cc3)cn2)CC1. The van der Waals surface area contributed by atoms with Crippen molar-refractivity contribution in [2.45, 2.75) is 64.4 Å². The minimum absolute atomic E-state index is 0.0146. The molecular formula is C29H37N3O5. The zero-order valence-corrected chi connectivity index (χ0v) is 21.5. The van der Waals surface area contributed by atoms with Gasteiger partial charge in [-0.3, -0.25) is 14.4 Å². The van der Waals surface area contributed by atoms with Crippen LogP contribution in [0.1, 0.15) is 79.0 Å². The van der Waals surface area contributed by atoms with Gasteiger partial charge in [0, 0.05) is 37.8 Å². The molecule has 0 atom stereocenters. The van der Waals surface area contributed by atoms with E-state index in [0.29, 0.717) is 49.1 Å². The lowest BCUT2D eigenvalue weighted by atomic mass is 9.87. The summed E-state index contributed by atoms with van der Waals surface area (Å²) in [5.41, 5.74) is 1.13. The molecule has 1 saturated carbocycles. The fourth-order valence-electron chi connectivity index (χ4n) is 4.98.